The van der Waals surface area contributed by atoms with Crippen molar-refractivity contribution in [1.29, 1.82) is 0 Å². The van der Waals surface area contributed by atoms with Gasteiger partial charge in [0.05, 0.1) is 6.04 Å². The fraction of sp³-hybridized carbons (Fsp3) is 0.320. The zero-order valence-electron chi connectivity index (χ0n) is 17.6. The van der Waals surface area contributed by atoms with Gasteiger partial charge in [-0.1, -0.05) is 18.6 Å². The lowest BCUT2D eigenvalue weighted by molar-refractivity contribution is 0.173. The molecule has 0 spiro atoms. The molecule has 3 aliphatic heterocycles. The second-order valence-electron chi connectivity index (χ2n) is 8.39. The van der Waals surface area contributed by atoms with E-state index in [0.717, 1.165) is 65.5 Å². The van der Waals surface area contributed by atoms with E-state index >= 15 is 0 Å². The summed E-state index contributed by atoms with van der Waals surface area (Å²) >= 11 is 5.63. The van der Waals surface area contributed by atoms with Gasteiger partial charge in [0.2, 0.25) is 13.6 Å². The monoisotopic (exact) mass is 448 g/mol. The zero-order chi connectivity index (χ0) is 21.5. The summed E-state index contributed by atoms with van der Waals surface area (Å²) < 4.78 is 22.2. The smallest absolute Gasteiger partial charge is 0.231 e. The van der Waals surface area contributed by atoms with Crippen LogP contribution in [0, 0.1) is 0 Å². The molecule has 4 aliphatic rings. The van der Waals surface area contributed by atoms with Crippen molar-refractivity contribution in [3.05, 3.63) is 64.4 Å². The van der Waals surface area contributed by atoms with Gasteiger partial charge in [0.25, 0.3) is 0 Å². The molecule has 6 rings (SSSR count). The number of rotatable bonds is 2. The predicted molar refractivity (Wildman–Crippen MR) is 125 cm³/mol. The third-order valence-electron chi connectivity index (χ3n) is 6.36. The Morgan fingerprint density at radius 2 is 1.53 bits per heavy atom. The van der Waals surface area contributed by atoms with Gasteiger partial charge in [-0.05, 0) is 90.5 Å². The quantitative estimate of drug-likeness (QED) is 0.630. The Morgan fingerprint density at radius 1 is 0.812 bits per heavy atom. The number of benzene rings is 2. The van der Waals surface area contributed by atoms with Gasteiger partial charge in [0.15, 0.2) is 28.1 Å². The molecule has 164 valence electrons. The van der Waals surface area contributed by atoms with Crippen LogP contribution in [0.4, 0.5) is 0 Å². The van der Waals surface area contributed by atoms with Gasteiger partial charge in [-0.2, -0.15) is 0 Å². The summed E-state index contributed by atoms with van der Waals surface area (Å²) in [6.07, 6.45) is 7.77. The van der Waals surface area contributed by atoms with E-state index in [1.165, 1.54) is 17.6 Å². The minimum Gasteiger partial charge on any atom is -0.454 e. The second-order valence-corrected chi connectivity index (χ2v) is 8.80. The van der Waals surface area contributed by atoms with Crippen LogP contribution in [0.5, 0.6) is 23.0 Å². The van der Waals surface area contributed by atoms with Crippen molar-refractivity contribution in [2.75, 3.05) is 13.6 Å². The third kappa shape index (κ3) is 3.56. The summed E-state index contributed by atoms with van der Waals surface area (Å²) in [5.74, 6) is 3.18. The van der Waals surface area contributed by atoms with E-state index in [-0.39, 0.29) is 19.6 Å². The van der Waals surface area contributed by atoms with E-state index < -0.39 is 0 Å². The number of thiocarbonyl (C=S) groups is 1. The SMILES string of the molecule is S=C1NC2=C(CCCCC/C2=C\c2ccc3c(c2)OCO3)C(c2ccc3c(c2)OCO3)N1. The van der Waals surface area contributed by atoms with E-state index in [9.17, 15) is 0 Å². The number of allylic oxidation sites excluding steroid dienone is 1. The molecule has 0 radical (unpaired) electrons. The van der Waals surface area contributed by atoms with Crippen molar-refractivity contribution < 1.29 is 18.9 Å². The van der Waals surface area contributed by atoms with Crippen molar-refractivity contribution in [3.8, 4) is 23.0 Å². The molecular formula is C25H24N2O4S. The van der Waals surface area contributed by atoms with Gasteiger partial charge in [0, 0.05) is 5.70 Å². The van der Waals surface area contributed by atoms with Gasteiger partial charge in [0.1, 0.15) is 0 Å². The number of hydrogen-bond donors (Lipinski definition) is 2. The van der Waals surface area contributed by atoms with Crippen molar-refractivity contribution in [3.63, 3.8) is 0 Å². The molecule has 32 heavy (non-hydrogen) atoms. The minimum absolute atomic E-state index is 0.00602. The van der Waals surface area contributed by atoms with Crippen LogP contribution in [0.2, 0.25) is 0 Å². The molecule has 0 saturated heterocycles. The molecular weight excluding hydrogens is 424 g/mol. The lowest BCUT2D eigenvalue weighted by Gasteiger charge is -2.34. The summed E-state index contributed by atoms with van der Waals surface area (Å²) in [4.78, 5) is 0. The lowest BCUT2D eigenvalue weighted by Crippen LogP contribution is -2.44. The molecule has 6 nitrogen and oxygen atoms in total. The summed E-state index contributed by atoms with van der Waals surface area (Å²) in [5, 5.41) is 7.61. The number of hydrogen-bond acceptors (Lipinski definition) is 5. The molecule has 2 N–H and O–H groups in total. The minimum atomic E-state index is 0.00602. The number of fused-ring (bicyclic) bond motifs is 2. The summed E-state index contributed by atoms with van der Waals surface area (Å²) in [5.41, 5.74) is 5.99. The summed E-state index contributed by atoms with van der Waals surface area (Å²) in [6, 6.07) is 12.3. The highest BCUT2D eigenvalue weighted by molar-refractivity contribution is 7.80. The second kappa shape index (κ2) is 8.06. The van der Waals surface area contributed by atoms with Crippen LogP contribution in [0.3, 0.4) is 0 Å². The van der Waals surface area contributed by atoms with Crippen LogP contribution >= 0.6 is 12.2 Å². The maximum Gasteiger partial charge on any atom is 0.231 e. The van der Waals surface area contributed by atoms with Crippen LogP contribution in [-0.4, -0.2) is 18.7 Å². The van der Waals surface area contributed by atoms with Crippen LogP contribution in [0.25, 0.3) is 6.08 Å². The Hall–Kier alpha value is -3.19. The highest BCUT2D eigenvalue weighted by Crippen LogP contribution is 2.41. The molecule has 2 aromatic rings. The number of ether oxygens (including phenoxy) is 4. The molecule has 1 aliphatic carbocycles. The van der Waals surface area contributed by atoms with E-state index in [1.807, 2.05) is 18.2 Å². The van der Waals surface area contributed by atoms with Gasteiger partial charge in [-0.3, -0.25) is 0 Å². The number of nitrogens with one attached hydrogen (secondary N) is 2. The van der Waals surface area contributed by atoms with Crippen molar-refractivity contribution >= 4 is 23.4 Å². The van der Waals surface area contributed by atoms with Crippen molar-refractivity contribution in [2.45, 2.75) is 38.1 Å². The molecule has 0 amide bonds. The molecule has 7 heteroatoms. The summed E-state index contributed by atoms with van der Waals surface area (Å²) in [6.45, 7) is 0.552. The maximum absolute atomic E-state index is 5.63. The largest absolute Gasteiger partial charge is 0.454 e. The van der Waals surface area contributed by atoms with Crippen molar-refractivity contribution in [2.24, 2.45) is 0 Å². The summed E-state index contributed by atoms with van der Waals surface area (Å²) in [7, 11) is 0. The Bertz CT molecular complexity index is 1160. The van der Waals surface area contributed by atoms with Crippen LogP contribution < -0.4 is 29.6 Å². The molecule has 0 fully saturated rings. The fourth-order valence-electron chi connectivity index (χ4n) is 4.81. The molecule has 1 unspecified atom stereocenters. The molecule has 0 bridgehead atoms. The van der Waals surface area contributed by atoms with E-state index in [4.69, 9.17) is 31.2 Å². The van der Waals surface area contributed by atoms with Gasteiger partial charge in [-0.15, -0.1) is 0 Å². The first-order valence-corrected chi connectivity index (χ1v) is 11.5. The highest BCUT2D eigenvalue weighted by atomic mass is 32.1. The van der Waals surface area contributed by atoms with E-state index in [1.54, 1.807) is 0 Å². The highest BCUT2D eigenvalue weighted by Gasteiger charge is 2.30. The average molecular weight is 449 g/mol. The first-order chi connectivity index (χ1) is 15.7. The van der Waals surface area contributed by atoms with E-state index in [2.05, 4.69) is 34.9 Å². The van der Waals surface area contributed by atoms with E-state index in [0.29, 0.717) is 5.11 Å². The Balaban J connectivity index is 1.42. The van der Waals surface area contributed by atoms with Crippen LogP contribution in [-0.2, 0) is 0 Å². The first kappa shape index (κ1) is 19.5. The molecule has 3 heterocycles. The van der Waals surface area contributed by atoms with Crippen molar-refractivity contribution in [1.82, 2.24) is 10.6 Å². The van der Waals surface area contributed by atoms with Gasteiger partial charge in [-0.25, -0.2) is 0 Å². The topological polar surface area (TPSA) is 61.0 Å². The Labute approximate surface area is 192 Å². The van der Waals surface area contributed by atoms with Crippen LogP contribution in [0.1, 0.15) is 49.3 Å². The zero-order valence-corrected chi connectivity index (χ0v) is 18.4. The average Bonchev–Trinajstić information content (AvgIpc) is 3.45. The Morgan fingerprint density at radius 3 is 2.38 bits per heavy atom. The first-order valence-electron chi connectivity index (χ1n) is 11.1. The standard InChI is InChI=1S/C25H24N2O4S/c32-25-26-23-16(10-15-6-8-19-21(11-15)30-13-28-19)4-2-1-3-5-18(23)24(27-25)17-7-9-20-22(12-17)31-14-29-20/h6-12,24H,1-5,13-14H2,(H2,26,27,32)/b16-10+. The molecule has 0 aromatic heterocycles. The molecule has 2 aromatic carbocycles. The fourth-order valence-corrected chi connectivity index (χ4v) is 5.03. The van der Waals surface area contributed by atoms with Gasteiger partial charge >= 0.3 is 0 Å². The van der Waals surface area contributed by atoms with Crippen LogP contribution in [0.15, 0.2) is 53.2 Å². The normalized spacial score (nSPS) is 22.7. The molecule has 1 atom stereocenters. The van der Waals surface area contributed by atoms with Gasteiger partial charge < -0.3 is 29.6 Å². The maximum atomic E-state index is 5.63. The lowest BCUT2D eigenvalue weighted by atomic mass is 9.85. The third-order valence-corrected chi connectivity index (χ3v) is 6.58. The predicted octanol–water partition coefficient (Wildman–Crippen LogP) is 4.96. The molecule has 0 saturated carbocycles. The Kier molecular flexibility index (Phi) is 4.91.